The van der Waals surface area contributed by atoms with Gasteiger partial charge in [0.25, 0.3) is 0 Å². The van der Waals surface area contributed by atoms with Crippen LogP contribution < -0.4 is 5.73 Å². The highest BCUT2D eigenvalue weighted by Gasteiger charge is 2.15. The smallest absolute Gasteiger partial charge is 0.0898 e. The number of rotatable bonds is 2. The summed E-state index contributed by atoms with van der Waals surface area (Å²) in [5.74, 6) is 0. The van der Waals surface area contributed by atoms with Gasteiger partial charge in [-0.05, 0) is 29.3 Å². The fourth-order valence-electron chi connectivity index (χ4n) is 1.94. The predicted molar refractivity (Wildman–Crippen MR) is 74.7 cm³/mol. The molecule has 2 heterocycles. The van der Waals surface area contributed by atoms with Gasteiger partial charge in [0.05, 0.1) is 16.7 Å². The van der Waals surface area contributed by atoms with Crippen LogP contribution in [0.4, 0.5) is 0 Å². The standard InChI is InChI=1S/C13H12N2S2/c1-8-15-11(7-17-8)12(14)10-4-2-3-9-5-6-16-13(9)10/h2-7,12H,14H2,1H3. The van der Waals surface area contributed by atoms with Crippen LogP contribution in [0.3, 0.4) is 0 Å². The van der Waals surface area contributed by atoms with Crippen molar-refractivity contribution in [3.05, 3.63) is 51.3 Å². The van der Waals surface area contributed by atoms with Crippen molar-refractivity contribution in [3.8, 4) is 0 Å². The number of benzene rings is 1. The maximum absolute atomic E-state index is 6.31. The fraction of sp³-hybridized carbons (Fsp3) is 0.154. The lowest BCUT2D eigenvalue weighted by molar-refractivity contribution is 0.844. The van der Waals surface area contributed by atoms with Gasteiger partial charge in [-0.1, -0.05) is 18.2 Å². The van der Waals surface area contributed by atoms with E-state index >= 15 is 0 Å². The van der Waals surface area contributed by atoms with E-state index in [1.807, 2.05) is 12.3 Å². The van der Waals surface area contributed by atoms with E-state index in [0.29, 0.717) is 0 Å². The van der Waals surface area contributed by atoms with Crippen molar-refractivity contribution >= 4 is 32.8 Å². The van der Waals surface area contributed by atoms with Gasteiger partial charge < -0.3 is 5.73 Å². The van der Waals surface area contributed by atoms with Gasteiger partial charge in [-0.25, -0.2) is 4.98 Å². The summed E-state index contributed by atoms with van der Waals surface area (Å²) < 4.78 is 1.27. The number of fused-ring (bicyclic) bond motifs is 1. The Balaban J connectivity index is 2.12. The van der Waals surface area contributed by atoms with Crippen LogP contribution in [0.2, 0.25) is 0 Å². The van der Waals surface area contributed by atoms with E-state index in [9.17, 15) is 0 Å². The second kappa shape index (κ2) is 4.22. The highest BCUT2D eigenvalue weighted by Crippen LogP contribution is 2.31. The van der Waals surface area contributed by atoms with E-state index in [1.54, 1.807) is 22.7 Å². The highest BCUT2D eigenvalue weighted by atomic mass is 32.1. The van der Waals surface area contributed by atoms with Gasteiger partial charge in [0.15, 0.2) is 0 Å². The predicted octanol–water partition coefficient (Wildman–Crippen LogP) is 3.71. The van der Waals surface area contributed by atoms with Crippen LogP contribution in [-0.2, 0) is 0 Å². The summed E-state index contributed by atoms with van der Waals surface area (Å²) in [6.45, 7) is 2.01. The lowest BCUT2D eigenvalue weighted by Crippen LogP contribution is -2.12. The number of nitrogens with zero attached hydrogens (tertiary/aromatic N) is 1. The van der Waals surface area contributed by atoms with Gasteiger partial charge in [0.1, 0.15) is 0 Å². The number of aryl methyl sites for hydroxylation is 1. The first-order valence-electron chi connectivity index (χ1n) is 5.39. The van der Waals surface area contributed by atoms with Gasteiger partial charge in [-0.2, -0.15) is 0 Å². The van der Waals surface area contributed by atoms with Crippen LogP contribution in [0.5, 0.6) is 0 Å². The van der Waals surface area contributed by atoms with Crippen molar-refractivity contribution in [3.63, 3.8) is 0 Å². The average molecular weight is 260 g/mol. The molecule has 3 aromatic rings. The van der Waals surface area contributed by atoms with Crippen molar-refractivity contribution in [2.24, 2.45) is 5.73 Å². The Morgan fingerprint density at radius 3 is 2.88 bits per heavy atom. The van der Waals surface area contributed by atoms with Crippen LogP contribution >= 0.6 is 22.7 Å². The molecule has 0 radical (unpaired) electrons. The molecule has 3 rings (SSSR count). The Morgan fingerprint density at radius 2 is 2.12 bits per heavy atom. The Bertz CT molecular complexity index is 654. The monoisotopic (exact) mass is 260 g/mol. The molecule has 0 saturated carbocycles. The van der Waals surface area contributed by atoms with Gasteiger partial charge in [0, 0.05) is 10.1 Å². The van der Waals surface area contributed by atoms with E-state index in [2.05, 4.69) is 34.6 Å². The first-order valence-corrected chi connectivity index (χ1v) is 7.15. The summed E-state index contributed by atoms with van der Waals surface area (Å²) in [7, 11) is 0. The molecule has 2 nitrogen and oxygen atoms in total. The molecule has 2 N–H and O–H groups in total. The van der Waals surface area contributed by atoms with Crippen LogP contribution in [0, 0.1) is 6.92 Å². The Labute approximate surface area is 108 Å². The zero-order chi connectivity index (χ0) is 11.8. The van der Waals surface area contributed by atoms with Gasteiger partial charge >= 0.3 is 0 Å². The molecular weight excluding hydrogens is 248 g/mol. The molecular formula is C13H12N2S2. The Morgan fingerprint density at radius 1 is 1.24 bits per heavy atom. The second-order valence-corrected chi connectivity index (χ2v) is 5.93. The van der Waals surface area contributed by atoms with E-state index < -0.39 is 0 Å². The van der Waals surface area contributed by atoms with Crippen LogP contribution in [0.15, 0.2) is 35.0 Å². The third-order valence-corrected chi connectivity index (χ3v) is 4.57. The largest absolute Gasteiger partial charge is 0.319 e. The molecule has 0 aliphatic heterocycles. The molecule has 0 fully saturated rings. The fourth-order valence-corrected chi connectivity index (χ4v) is 3.55. The Hall–Kier alpha value is -1.23. The molecule has 0 aliphatic rings. The molecule has 0 saturated heterocycles. The molecule has 86 valence electrons. The average Bonchev–Trinajstić information content (AvgIpc) is 2.95. The first kappa shape index (κ1) is 10.9. The minimum atomic E-state index is -0.123. The first-order chi connectivity index (χ1) is 8.25. The SMILES string of the molecule is Cc1nc(C(N)c2cccc3ccsc23)cs1. The maximum Gasteiger partial charge on any atom is 0.0898 e. The van der Waals surface area contributed by atoms with Crippen LogP contribution in [0.1, 0.15) is 22.3 Å². The number of thiazole rings is 1. The summed E-state index contributed by atoms with van der Waals surface area (Å²) in [6.07, 6.45) is 0. The summed E-state index contributed by atoms with van der Waals surface area (Å²) in [4.78, 5) is 4.48. The molecule has 4 heteroatoms. The minimum Gasteiger partial charge on any atom is -0.319 e. The van der Waals surface area contributed by atoms with Crippen LogP contribution in [0.25, 0.3) is 10.1 Å². The number of nitrogens with two attached hydrogens (primary N) is 1. The van der Waals surface area contributed by atoms with Crippen molar-refractivity contribution in [1.29, 1.82) is 0 Å². The molecule has 0 spiro atoms. The number of thiophene rings is 1. The molecule has 1 aromatic carbocycles. The number of hydrogen-bond donors (Lipinski definition) is 1. The number of hydrogen-bond acceptors (Lipinski definition) is 4. The zero-order valence-corrected chi connectivity index (χ0v) is 11.0. The highest BCUT2D eigenvalue weighted by molar-refractivity contribution is 7.17. The number of aromatic nitrogens is 1. The lowest BCUT2D eigenvalue weighted by atomic mass is 10.0. The minimum absolute atomic E-state index is 0.123. The lowest BCUT2D eigenvalue weighted by Gasteiger charge is -2.10. The van der Waals surface area contributed by atoms with Gasteiger partial charge in [-0.3, -0.25) is 0 Å². The van der Waals surface area contributed by atoms with Gasteiger partial charge in [-0.15, -0.1) is 22.7 Å². The van der Waals surface area contributed by atoms with E-state index in [1.165, 1.54) is 15.6 Å². The molecule has 1 unspecified atom stereocenters. The van der Waals surface area contributed by atoms with Crippen molar-refractivity contribution in [1.82, 2.24) is 4.98 Å². The molecule has 0 amide bonds. The molecule has 17 heavy (non-hydrogen) atoms. The zero-order valence-electron chi connectivity index (χ0n) is 9.38. The molecule has 2 aromatic heterocycles. The van der Waals surface area contributed by atoms with Crippen LogP contribution in [-0.4, -0.2) is 4.98 Å². The second-order valence-electron chi connectivity index (χ2n) is 3.96. The topological polar surface area (TPSA) is 38.9 Å². The summed E-state index contributed by atoms with van der Waals surface area (Å²) in [6, 6.07) is 8.28. The maximum atomic E-state index is 6.31. The van der Waals surface area contributed by atoms with Crippen molar-refractivity contribution in [2.75, 3.05) is 0 Å². The molecule has 1 atom stereocenters. The summed E-state index contributed by atoms with van der Waals surface area (Å²) >= 11 is 3.39. The summed E-state index contributed by atoms with van der Waals surface area (Å²) in [5, 5.41) is 6.48. The molecule has 0 aliphatic carbocycles. The van der Waals surface area contributed by atoms with E-state index in [-0.39, 0.29) is 6.04 Å². The third-order valence-electron chi connectivity index (χ3n) is 2.80. The quantitative estimate of drug-likeness (QED) is 0.762. The molecule has 0 bridgehead atoms. The van der Waals surface area contributed by atoms with Crippen molar-refractivity contribution in [2.45, 2.75) is 13.0 Å². The Kier molecular flexibility index (Phi) is 2.70. The van der Waals surface area contributed by atoms with Crippen molar-refractivity contribution < 1.29 is 0 Å². The summed E-state index contributed by atoms with van der Waals surface area (Å²) in [5.41, 5.74) is 8.44. The van der Waals surface area contributed by atoms with E-state index in [4.69, 9.17) is 5.73 Å². The van der Waals surface area contributed by atoms with Gasteiger partial charge in [0.2, 0.25) is 0 Å². The third kappa shape index (κ3) is 1.88. The van der Waals surface area contributed by atoms with E-state index in [0.717, 1.165) is 10.7 Å². The normalized spacial score (nSPS) is 13.1.